The van der Waals surface area contributed by atoms with Crippen LogP contribution in [0.1, 0.15) is 20.3 Å². The Bertz CT molecular complexity index is 410. The van der Waals surface area contributed by atoms with Crippen molar-refractivity contribution in [3.05, 3.63) is 18.5 Å². The van der Waals surface area contributed by atoms with Crippen molar-refractivity contribution in [1.29, 1.82) is 0 Å². The average Bonchev–Trinajstić information content (AvgIpc) is 2.38. The first kappa shape index (κ1) is 15.2. The molecule has 6 nitrogen and oxygen atoms in total. The van der Waals surface area contributed by atoms with Gasteiger partial charge in [-0.15, -0.1) is 0 Å². The van der Waals surface area contributed by atoms with Gasteiger partial charge in [0.2, 0.25) is 5.88 Å². The standard InChI is InChI=1S/C13H22N4O2/c1-4-6-19-13-11(14)12(16-9-17-13)15-5-7-18-8-10(2)3/h9H,2,4-8,14H2,1,3H3,(H,15,16,17). The van der Waals surface area contributed by atoms with Crippen LogP contribution in [0.5, 0.6) is 5.88 Å². The summed E-state index contributed by atoms with van der Waals surface area (Å²) < 4.78 is 10.8. The van der Waals surface area contributed by atoms with Gasteiger partial charge in [0.05, 0.1) is 19.8 Å². The van der Waals surface area contributed by atoms with Crippen LogP contribution in [0.3, 0.4) is 0 Å². The molecule has 0 spiro atoms. The molecule has 0 radical (unpaired) electrons. The molecule has 1 aromatic heterocycles. The molecule has 6 heteroatoms. The van der Waals surface area contributed by atoms with Gasteiger partial charge < -0.3 is 20.5 Å². The molecule has 0 fully saturated rings. The molecule has 0 aliphatic heterocycles. The summed E-state index contributed by atoms with van der Waals surface area (Å²) in [7, 11) is 0. The summed E-state index contributed by atoms with van der Waals surface area (Å²) in [6.45, 7) is 10.0. The number of nitrogens with two attached hydrogens (primary N) is 1. The van der Waals surface area contributed by atoms with Crippen LogP contribution in [0.2, 0.25) is 0 Å². The first-order chi connectivity index (χ1) is 9.15. The smallest absolute Gasteiger partial charge is 0.242 e. The van der Waals surface area contributed by atoms with Crippen molar-refractivity contribution in [3.8, 4) is 5.88 Å². The highest BCUT2D eigenvalue weighted by Crippen LogP contribution is 2.24. The lowest BCUT2D eigenvalue weighted by Gasteiger charge is -2.11. The Morgan fingerprint density at radius 3 is 2.89 bits per heavy atom. The maximum Gasteiger partial charge on any atom is 0.242 e. The molecule has 19 heavy (non-hydrogen) atoms. The highest BCUT2D eigenvalue weighted by molar-refractivity contribution is 5.66. The summed E-state index contributed by atoms with van der Waals surface area (Å²) in [4.78, 5) is 8.08. The molecule has 0 aliphatic carbocycles. The van der Waals surface area contributed by atoms with Crippen LogP contribution >= 0.6 is 0 Å². The SMILES string of the molecule is C=C(C)COCCNc1ncnc(OCCC)c1N. The van der Waals surface area contributed by atoms with Crippen LogP contribution in [-0.2, 0) is 4.74 Å². The van der Waals surface area contributed by atoms with Gasteiger partial charge in [-0.1, -0.05) is 19.1 Å². The summed E-state index contributed by atoms with van der Waals surface area (Å²) in [5.74, 6) is 0.988. The van der Waals surface area contributed by atoms with E-state index in [9.17, 15) is 0 Å². The fraction of sp³-hybridized carbons (Fsp3) is 0.538. The van der Waals surface area contributed by atoms with Gasteiger partial charge in [-0.3, -0.25) is 0 Å². The summed E-state index contributed by atoms with van der Waals surface area (Å²) in [6, 6.07) is 0. The van der Waals surface area contributed by atoms with E-state index in [0.29, 0.717) is 43.8 Å². The molecule has 0 bridgehead atoms. The molecule has 0 atom stereocenters. The number of hydrogen-bond acceptors (Lipinski definition) is 6. The number of aromatic nitrogens is 2. The van der Waals surface area contributed by atoms with Crippen LogP contribution in [-0.4, -0.2) is 36.3 Å². The van der Waals surface area contributed by atoms with Crippen molar-refractivity contribution in [2.75, 3.05) is 37.4 Å². The van der Waals surface area contributed by atoms with Gasteiger partial charge in [0.25, 0.3) is 0 Å². The molecular formula is C13H22N4O2. The monoisotopic (exact) mass is 266 g/mol. The minimum absolute atomic E-state index is 0.419. The maximum atomic E-state index is 5.92. The summed E-state index contributed by atoms with van der Waals surface area (Å²) >= 11 is 0. The fourth-order valence-corrected chi connectivity index (χ4v) is 1.32. The molecule has 0 unspecified atom stereocenters. The molecule has 106 valence electrons. The number of anilines is 2. The molecule has 0 saturated carbocycles. The molecule has 0 aliphatic rings. The first-order valence-electron chi connectivity index (χ1n) is 6.34. The van der Waals surface area contributed by atoms with E-state index in [1.807, 2.05) is 13.8 Å². The van der Waals surface area contributed by atoms with Gasteiger partial charge in [0, 0.05) is 6.54 Å². The first-order valence-corrected chi connectivity index (χ1v) is 6.34. The van der Waals surface area contributed by atoms with Gasteiger partial charge in [-0.25, -0.2) is 4.98 Å². The second-order valence-electron chi connectivity index (χ2n) is 4.23. The second-order valence-corrected chi connectivity index (χ2v) is 4.23. The summed E-state index contributed by atoms with van der Waals surface area (Å²) in [5.41, 5.74) is 7.34. The minimum Gasteiger partial charge on any atom is -0.476 e. The normalized spacial score (nSPS) is 10.2. The zero-order valence-electron chi connectivity index (χ0n) is 11.6. The van der Waals surface area contributed by atoms with E-state index < -0.39 is 0 Å². The van der Waals surface area contributed by atoms with Crippen molar-refractivity contribution in [2.24, 2.45) is 0 Å². The fourth-order valence-electron chi connectivity index (χ4n) is 1.32. The van der Waals surface area contributed by atoms with Crippen LogP contribution < -0.4 is 15.8 Å². The molecule has 1 rings (SSSR count). The topological polar surface area (TPSA) is 82.3 Å². The zero-order chi connectivity index (χ0) is 14.1. The third-order valence-electron chi connectivity index (χ3n) is 2.18. The molecular weight excluding hydrogens is 244 g/mol. The lowest BCUT2D eigenvalue weighted by atomic mass is 10.4. The molecule has 0 amide bonds. The number of ether oxygens (including phenoxy) is 2. The number of nitrogens with one attached hydrogen (secondary N) is 1. The zero-order valence-corrected chi connectivity index (χ0v) is 11.6. The van der Waals surface area contributed by atoms with Crippen LogP contribution in [0.15, 0.2) is 18.5 Å². The second kappa shape index (κ2) is 8.31. The quantitative estimate of drug-likeness (QED) is 0.524. The molecule has 1 heterocycles. The van der Waals surface area contributed by atoms with Crippen molar-refractivity contribution in [1.82, 2.24) is 9.97 Å². The minimum atomic E-state index is 0.419. The van der Waals surface area contributed by atoms with Gasteiger partial charge in [-0.2, -0.15) is 4.98 Å². The molecule has 1 aromatic rings. The molecule has 3 N–H and O–H groups in total. The highest BCUT2D eigenvalue weighted by atomic mass is 16.5. The third-order valence-corrected chi connectivity index (χ3v) is 2.18. The van der Waals surface area contributed by atoms with E-state index in [-0.39, 0.29) is 0 Å². The van der Waals surface area contributed by atoms with E-state index >= 15 is 0 Å². The van der Waals surface area contributed by atoms with E-state index in [4.69, 9.17) is 15.2 Å². The lowest BCUT2D eigenvalue weighted by molar-refractivity contribution is 0.167. The van der Waals surface area contributed by atoms with E-state index in [1.54, 1.807) is 0 Å². The summed E-state index contributed by atoms with van der Waals surface area (Å²) in [6.07, 6.45) is 2.33. The van der Waals surface area contributed by atoms with Crippen LogP contribution in [0.25, 0.3) is 0 Å². The Labute approximate surface area is 114 Å². The van der Waals surface area contributed by atoms with Gasteiger partial charge in [0.1, 0.15) is 12.0 Å². The van der Waals surface area contributed by atoms with Crippen molar-refractivity contribution >= 4 is 11.5 Å². The van der Waals surface area contributed by atoms with Crippen LogP contribution in [0.4, 0.5) is 11.5 Å². The van der Waals surface area contributed by atoms with Crippen molar-refractivity contribution in [3.63, 3.8) is 0 Å². The number of nitrogens with zero attached hydrogens (tertiary/aromatic N) is 2. The van der Waals surface area contributed by atoms with E-state index in [0.717, 1.165) is 12.0 Å². The number of rotatable bonds is 9. The lowest BCUT2D eigenvalue weighted by Crippen LogP contribution is -2.13. The highest BCUT2D eigenvalue weighted by Gasteiger charge is 2.08. The van der Waals surface area contributed by atoms with Gasteiger partial charge in [-0.05, 0) is 13.3 Å². The largest absolute Gasteiger partial charge is 0.476 e. The number of nitrogen functional groups attached to an aromatic ring is 1. The Morgan fingerprint density at radius 2 is 2.21 bits per heavy atom. The van der Waals surface area contributed by atoms with E-state index in [2.05, 4.69) is 21.9 Å². The van der Waals surface area contributed by atoms with Gasteiger partial charge >= 0.3 is 0 Å². The number of hydrogen-bond donors (Lipinski definition) is 2. The Kier molecular flexibility index (Phi) is 6.67. The molecule has 0 aromatic carbocycles. The van der Waals surface area contributed by atoms with Crippen molar-refractivity contribution < 1.29 is 9.47 Å². The molecule has 0 saturated heterocycles. The predicted octanol–water partition coefficient (Wildman–Crippen LogP) is 1.85. The predicted molar refractivity (Wildman–Crippen MR) is 76.4 cm³/mol. The maximum absolute atomic E-state index is 5.92. The third kappa shape index (κ3) is 5.56. The van der Waals surface area contributed by atoms with E-state index in [1.165, 1.54) is 6.33 Å². The average molecular weight is 266 g/mol. The summed E-state index contributed by atoms with van der Waals surface area (Å²) in [5, 5.41) is 3.09. The van der Waals surface area contributed by atoms with Crippen molar-refractivity contribution in [2.45, 2.75) is 20.3 Å². The Morgan fingerprint density at radius 1 is 1.42 bits per heavy atom. The Hall–Kier alpha value is -1.82. The van der Waals surface area contributed by atoms with Gasteiger partial charge in [0.15, 0.2) is 5.82 Å². The Balaban J connectivity index is 2.42. The van der Waals surface area contributed by atoms with Crippen LogP contribution in [0, 0.1) is 0 Å².